The van der Waals surface area contributed by atoms with Gasteiger partial charge in [0.15, 0.2) is 26.7 Å². The molecular formula is C20H36CuF12N-3. The van der Waals surface area contributed by atoms with Gasteiger partial charge in [0.25, 0.3) is 0 Å². The van der Waals surface area contributed by atoms with E-state index in [4.69, 9.17) is 0 Å². The van der Waals surface area contributed by atoms with E-state index in [0.717, 1.165) is 0 Å². The smallest absolute Gasteiger partial charge is 0.154 e. The summed E-state index contributed by atoms with van der Waals surface area (Å²) in [7, 11) is 0. The van der Waals surface area contributed by atoms with Gasteiger partial charge in [0.05, 0.1) is 26.2 Å². The van der Waals surface area contributed by atoms with Gasteiger partial charge in [-0.25, -0.2) is 0 Å². The molecule has 14 heteroatoms. The molecule has 0 aliphatic rings. The molecule has 0 aromatic carbocycles. The Balaban J connectivity index is -0.0000000939. The Kier molecular flexibility index (Phi) is 51.3. The summed E-state index contributed by atoms with van der Waals surface area (Å²) in [6, 6.07) is 0. The molecule has 0 aliphatic heterocycles. The summed E-state index contributed by atoms with van der Waals surface area (Å²) in [5.41, 5.74) is 0. The van der Waals surface area contributed by atoms with Crippen LogP contribution in [0.1, 0.15) is 79.1 Å². The van der Waals surface area contributed by atoms with E-state index in [9.17, 15) is 52.7 Å². The fraction of sp³-hybridized carbons (Fsp3) is 0.800. The average Bonchev–Trinajstić information content (AvgIpc) is 2.65. The molecule has 0 saturated carbocycles. The van der Waals surface area contributed by atoms with Gasteiger partial charge in [0, 0.05) is 17.1 Å². The van der Waals surface area contributed by atoms with E-state index in [1.165, 1.54) is 82.0 Å². The third-order valence-electron chi connectivity index (χ3n) is 3.94. The maximum absolute atomic E-state index is 9.58. The number of nitrogens with zero attached hydrogens (tertiary/aromatic N) is 1. The van der Waals surface area contributed by atoms with Crippen LogP contribution in [0.25, 0.3) is 0 Å². The molecule has 0 unspecified atom stereocenters. The second-order valence-corrected chi connectivity index (χ2v) is 6.51. The fourth-order valence-corrected chi connectivity index (χ4v) is 2.64. The molecule has 34 heavy (non-hydrogen) atoms. The van der Waals surface area contributed by atoms with E-state index >= 15 is 0 Å². The Labute approximate surface area is 206 Å². The van der Waals surface area contributed by atoms with E-state index in [-0.39, 0.29) is 17.1 Å². The molecule has 0 saturated heterocycles. The minimum Gasteiger partial charge on any atom is -0.385 e. The summed E-state index contributed by atoms with van der Waals surface area (Å²) < 4.78 is 116. The van der Waals surface area contributed by atoms with E-state index in [0.29, 0.717) is 0 Å². The van der Waals surface area contributed by atoms with Crippen molar-refractivity contribution in [3.63, 3.8) is 0 Å². The van der Waals surface area contributed by atoms with Crippen LogP contribution in [0.5, 0.6) is 0 Å². The molecule has 0 spiro atoms. The summed E-state index contributed by atoms with van der Waals surface area (Å²) >= 11 is 0. The SMILES string of the molecule is CCCC[N+](CCCC)(CCCC)CCCC.F[C-](F)F.F[C-](F)F.F[C-](F)F.F[C-](F)F.[Cu]. The molecular weight excluding hydrogens is 546 g/mol. The summed E-state index contributed by atoms with van der Waals surface area (Å²) in [5.74, 6) is 0. The van der Waals surface area contributed by atoms with Crippen molar-refractivity contribution in [1.29, 1.82) is 0 Å². The van der Waals surface area contributed by atoms with E-state index in [1.807, 2.05) is 0 Å². The predicted molar refractivity (Wildman–Crippen MR) is 106 cm³/mol. The van der Waals surface area contributed by atoms with Gasteiger partial charge in [0.2, 0.25) is 0 Å². The maximum atomic E-state index is 9.58. The van der Waals surface area contributed by atoms with Crippen LogP contribution < -0.4 is 0 Å². The monoisotopic (exact) mass is 581 g/mol. The number of unbranched alkanes of at least 4 members (excludes halogenated alkanes) is 4. The van der Waals surface area contributed by atoms with Gasteiger partial charge in [-0.2, -0.15) is 0 Å². The number of hydrogen-bond acceptors (Lipinski definition) is 0. The minimum absolute atomic E-state index is 0. The molecule has 0 atom stereocenters. The number of halogens is 12. The predicted octanol–water partition coefficient (Wildman–Crippen LogP) is 10.4. The van der Waals surface area contributed by atoms with Crippen LogP contribution >= 0.6 is 0 Å². The van der Waals surface area contributed by atoms with Crippen molar-refractivity contribution in [2.75, 3.05) is 26.2 Å². The first-order valence-corrected chi connectivity index (χ1v) is 10.4. The fourth-order valence-electron chi connectivity index (χ4n) is 2.64. The quantitative estimate of drug-likeness (QED) is 0.0930. The molecule has 0 amide bonds. The Hall–Kier alpha value is -0.361. The van der Waals surface area contributed by atoms with Gasteiger partial charge in [-0.05, 0) is 25.7 Å². The largest absolute Gasteiger partial charge is 0.385 e. The molecule has 0 heterocycles. The van der Waals surface area contributed by atoms with Crippen LogP contribution in [0.2, 0.25) is 0 Å². The second kappa shape index (κ2) is 37.2. The van der Waals surface area contributed by atoms with Crippen LogP contribution in [0.4, 0.5) is 52.7 Å². The number of rotatable bonds is 12. The molecule has 1 radical (unpaired) electrons. The van der Waals surface area contributed by atoms with E-state index < -0.39 is 26.7 Å². The van der Waals surface area contributed by atoms with Crippen molar-refractivity contribution in [3.8, 4) is 0 Å². The zero-order valence-corrected chi connectivity index (χ0v) is 20.7. The zero-order chi connectivity index (χ0) is 27.3. The zero-order valence-electron chi connectivity index (χ0n) is 19.8. The van der Waals surface area contributed by atoms with E-state index in [1.54, 1.807) is 0 Å². The summed E-state index contributed by atoms with van der Waals surface area (Å²) in [6.45, 7) is 2.69. The van der Waals surface area contributed by atoms with Gasteiger partial charge in [-0.3, -0.25) is 0 Å². The molecule has 0 aliphatic carbocycles. The van der Waals surface area contributed by atoms with Crippen LogP contribution in [0.3, 0.4) is 0 Å². The first kappa shape index (κ1) is 46.9. The minimum atomic E-state index is -3.08. The van der Waals surface area contributed by atoms with Crippen molar-refractivity contribution in [2.24, 2.45) is 0 Å². The van der Waals surface area contributed by atoms with Crippen molar-refractivity contribution in [3.05, 3.63) is 26.7 Å². The Morgan fingerprint density at radius 3 is 0.588 bits per heavy atom. The van der Waals surface area contributed by atoms with E-state index in [2.05, 4.69) is 27.7 Å². The average molecular weight is 582 g/mol. The number of hydrogen-bond donors (Lipinski definition) is 0. The summed E-state index contributed by atoms with van der Waals surface area (Å²) in [6.07, 6.45) is 11.1. The molecule has 0 aromatic rings. The first-order valence-electron chi connectivity index (χ1n) is 10.4. The Morgan fingerprint density at radius 1 is 0.382 bits per heavy atom. The standard InChI is InChI=1S/C16H36N.4CF3.Cu/c1-5-9-13-17(14-10-6-2,15-11-7-3)16-12-8-4;4*2-1(3)4;/h5-16H2,1-4H3;;;;;/q+1;4*-1;. The van der Waals surface area contributed by atoms with Crippen molar-refractivity contribution < 1.29 is 74.2 Å². The van der Waals surface area contributed by atoms with Crippen molar-refractivity contribution in [1.82, 2.24) is 0 Å². The third kappa shape index (κ3) is 77.0. The molecule has 219 valence electrons. The molecule has 0 N–H and O–H groups in total. The molecule has 0 fully saturated rings. The van der Waals surface area contributed by atoms with Crippen molar-refractivity contribution >= 4 is 0 Å². The Bertz CT molecular complexity index is 255. The maximum Gasteiger partial charge on any atom is 0.154 e. The van der Waals surface area contributed by atoms with Crippen LogP contribution in [-0.4, -0.2) is 30.7 Å². The van der Waals surface area contributed by atoms with Gasteiger partial charge < -0.3 is 57.2 Å². The first-order chi connectivity index (χ1) is 15.2. The summed E-state index contributed by atoms with van der Waals surface area (Å²) in [4.78, 5) is 0. The number of quaternary nitrogens is 1. The van der Waals surface area contributed by atoms with Crippen molar-refractivity contribution in [2.45, 2.75) is 79.1 Å². The molecule has 0 aromatic heterocycles. The topological polar surface area (TPSA) is 0 Å². The normalized spacial score (nSPS) is 10.2. The van der Waals surface area contributed by atoms with Crippen LogP contribution in [0.15, 0.2) is 0 Å². The van der Waals surface area contributed by atoms with Gasteiger partial charge in [-0.15, -0.1) is 0 Å². The van der Waals surface area contributed by atoms with Crippen LogP contribution in [0, 0.1) is 26.7 Å². The van der Waals surface area contributed by atoms with Gasteiger partial charge in [0.1, 0.15) is 0 Å². The second-order valence-electron chi connectivity index (χ2n) is 6.51. The van der Waals surface area contributed by atoms with Gasteiger partial charge >= 0.3 is 0 Å². The molecule has 0 bridgehead atoms. The van der Waals surface area contributed by atoms with Crippen LogP contribution in [-0.2, 0) is 17.1 Å². The molecule has 0 rings (SSSR count). The Morgan fingerprint density at radius 2 is 0.500 bits per heavy atom. The van der Waals surface area contributed by atoms with Gasteiger partial charge in [-0.1, -0.05) is 53.4 Å². The summed E-state index contributed by atoms with van der Waals surface area (Å²) in [5, 5.41) is 0. The third-order valence-corrected chi connectivity index (χ3v) is 3.94. The molecule has 1 nitrogen and oxygen atoms in total.